The van der Waals surface area contributed by atoms with E-state index in [9.17, 15) is 13.2 Å². The number of carbonyl (C=O) groups excluding carboxylic acids is 1. The second-order valence-corrected chi connectivity index (χ2v) is 9.04. The lowest BCUT2D eigenvalue weighted by Crippen LogP contribution is -2.34. The summed E-state index contributed by atoms with van der Waals surface area (Å²) in [6, 6.07) is 11.5. The fourth-order valence-electron chi connectivity index (χ4n) is 3.57. The summed E-state index contributed by atoms with van der Waals surface area (Å²) >= 11 is 5.86. The molecule has 0 aliphatic carbocycles. The highest BCUT2D eigenvalue weighted by atomic mass is 35.5. The fraction of sp³-hybridized carbons (Fsp3) is 0.316. The standard InChI is InChI=1S/C19H20ClN5O3S/c20-14-5-3-6-15(13-14)29(27,28)21-10-9-18(26)24-12-4-7-16(24)19-23-22-17-8-1-2-11-25(17)19/h1-3,5-6,8,11,13,16,21H,4,7,9-10,12H2. The second-order valence-electron chi connectivity index (χ2n) is 6.84. The number of likely N-dealkylation sites (tertiary alicyclic amines) is 1. The van der Waals surface area contributed by atoms with Crippen molar-refractivity contribution in [1.82, 2.24) is 24.2 Å². The molecule has 4 rings (SSSR count). The maximum Gasteiger partial charge on any atom is 0.240 e. The average molecular weight is 434 g/mol. The third-order valence-corrected chi connectivity index (χ3v) is 6.64. The molecule has 0 saturated carbocycles. The molecule has 1 aliphatic heterocycles. The Morgan fingerprint density at radius 3 is 2.90 bits per heavy atom. The highest BCUT2D eigenvalue weighted by molar-refractivity contribution is 7.89. The van der Waals surface area contributed by atoms with Crippen molar-refractivity contribution in [2.24, 2.45) is 0 Å². The van der Waals surface area contributed by atoms with Crippen molar-refractivity contribution >= 4 is 33.2 Å². The molecule has 1 fully saturated rings. The molecule has 3 heterocycles. The van der Waals surface area contributed by atoms with Crippen LogP contribution in [0.2, 0.25) is 5.02 Å². The summed E-state index contributed by atoms with van der Waals surface area (Å²) < 4.78 is 29.1. The van der Waals surface area contributed by atoms with Crippen molar-refractivity contribution in [3.63, 3.8) is 0 Å². The van der Waals surface area contributed by atoms with Gasteiger partial charge in [-0.1, -0.05) is 23.7 Å². The number of halogens is 1. The third-order valence-electron chi connectivity index (χ3n) is 4.95. The average Bonchev–Trinajstić information content (AvgIpc) is 3.34. The SMILES string of the molecule is O=C(CCNS(=O)(=O)c1cccc(Cl)c1)N1CCCC1c1nnc2ccccn12. The quantitative estimate of drug-likeness (QED) is 0.643. The zero-order valence-corrected chi connectivity index (χ0v) is 17.1. The zero-order valence-electron chi connectivity index (χ0n) is 15.5. The van der Waals surface area contributed by atoms with Gasteiger partial charge in [-0.15, -0.1) is 10.2 Å². The Kier molecular flexibility index (Phi) is 5.53. The Morgan fingerprint density at radius 2 is 2.07 bits per heavy atom. The number of pyridine rings is 1. The van der Waals surface area contributed by atoms with E-state index in [2.05, 4.69) is 14.9 Å². The van der Waals surface area contributed by atoms with Gasteiger partial charge in [-0.25, -0.2) is 13.1 Å². The highest BCUT2D eigenvalue weighted by Crippen LogP contribution is 2.31. The molecule has 2 aromatic heterocycles. The lowest BCUT2D eigenvalue weighted by atomic mass is 10.2. The Morgan fingerprint density at radius 1 is 1.21 bits per heavy atom. The molecule has 0 spiro atoms. The van der Waals surface area contributed by atoms with Crippen molar-refractivity contribution in [2.45, 2.75) is 30.2 Å². The van der Waals surface area contributed by atoms with E-state index in [1.165, 1.54) is 12.1 Å². The zero-order chi connectivity index (χ0) is 20.4. The minimum absolute atomic E-state index is 0.0114. The van der Waals surface area contributed by atoms with Gasteiger partial charge in [0.1, 0.15) is 0 Å². The lowest BCUT2D eigenvalue weighted by molar-refractivity contribution is -0.132. The monoisotopic (exact) mass is 433 g/mol. The van der Waals surface area contributed by atoms with E-state index in [0.29, 0.717) is 11.6 Å². The van der Waals surface area contributed by atoms with Crippen LogP contribution in [0.3, 0.4) is 0 Å². The summed E-state index contributed by atoms with van der Waals surface area (Å²) in [4.78, 5) is 14.6. The molecule has 1 saturated heterocycles. The molecule has 10 heteroatoms. The van der Waals surface area contributed by atoms with Crippen LogP contribution in [0.25, 0.3) is 5.65 Å². The first-order valence-electron chi connectivity index (χ1n) is 9.30. The van der Waals surface area contributed by atoms with Crippen molar-refractivity contribution in [2.75, 3.05) is 13.1 Å². The van der Waals surface area contributed by atoms with E-state index in [4.69, 9.17) is 11.6 Å². The number of nitrogens with zero attached hydrogens (tertiary/aromatic N) is 4. The molecule has 1 aliphatic rings. The number of nitrogens with one attached hydrogen (secondary N) is 1. The number of hydrogen-bond donors (Lipinski definition) is 1. The number of carbonyl (C=O) groups is 1. The second kappa shape index (κ2) is 8.10. The summed E-state index contributed by atoms with van der Waals surface area (Å²) in [5, 5.41) is 8.77. The number of benzene rings is 1. The van der Waals surface area contributed by atoms with Crippen molar-refractivity contribution in [3.05, 3.63) is 59.5 Å². The maximum atomic E-state index is 12.8. The minimum atomic E-state index is -3.72. The molecule has 1 aromatic carbocycles. The van der Waals surface area contributed by atoms with Crippen LogP contribution in [-0.2, 0) is 14.8 Å². The van der Waals surface area contributed by atoms with Gasteiger partial charge in [-0.05, 0) is 43.2 Å². The van der Waals surface area contributed by atoms with Crippen molar-refractivity contribution in [1.29, 1.82) is 0 Å². The van der Waals surface area contributed by atoms with Gasteiger partial charge in [-0.3, -0.25) is 9.20 Å². The molecule has 1 unspecified atom stereocenters. The molecule has 0 radical (unpaired) electrons. The highest BCUT2D eigenvalue weighted by Gasteiger charge is 2.33. The number of fused-ring (bicyclic) bond motifs is 1. The molecule has 3 aromatic rings. The summed E-state index contributed by atoms with van der Waals surface area (Å²) in [5.41, 5.74) is 0.732. The van der Waals surface area contributed by atoms with Crippen molar-refractivity contribution < 1.29 is 13.2 Å². The maximum absolute atomic E-state index is 12.8. The molecule has 0 bridgehead atoms. The Bertz CT molecular complexity index is 1150. The number of aromatic nitrogens is 3. The van der Waals surface area contributed by atoms with E-state index in [0.717, 1.165) is 24.3 Å². The van der Waals surface area contributed by atoms with Crippen LogP contribution in [-0.4, -0.2) is 46.9 Å². The van der Waals surface area contributed by atoms with E-state index in [1.807, 2.05) is 28.8 Å². The van der Waals surface area contributed by atoms with E-state index in [-0.39, 0.29) is 29.8 Å². The van der Waals surface area contributed by atoms with Gasteiger partial charge in [0, 0.05) is 30.7 Å². The van der Waals surface area contributed by atoms with Crippen molar-refractivity contribution in [3.8, 4) is 0 Å². The van der Waals surface area contributed by atoms with Crippen LogP contribution in [0.4, 0.5) is 0 Å². The first-order valence-corrected chi connectivity index (χ1v) is 11.2. The molecule has 1 N–H and O–H groups in total. The largest absolute Gasteiger partial charge is 0.332 e. The number of rotatable bonds is 6. The summed E-state index contributed by atoms with van der Waals surface area (Å²) in [6.07, 6.45) is 3.61. The Hall–Kier alpha value is -2.49. The van der Waals surface area contributed by atoms with Crippen LogP contribution in [0, 0.1) is 0 Å². The number of amides is 1. The smallest absolute Gasteiger partial charge is 0.240 e. The van der Waals surface area contributed by atoms with E-state index >= 15 is 0 Å². The predicted octanol–water partition coefficient (Wildman–Crippen LogP) is 2.41. The number of hydrogen-bond acceptors (Lipinski definition) is 5. The van der Waals surface area contributed by atoms with Crippen LogP contribution in [0.5, 0.6) is 0 Å². The van der Waals surface area contributed by atoms with E-state index in [1.54, 1.807) is 17.0 Å². The number of sulfonamides is 1. The molecule has 1 amide bonds. The molecule has 1 atom stereocenters. The lowest BCUT2D eigenvalue weighted by Gasteiger charge is -2.23. The van der Waals surface area contributed by atoms with Gasteiger partial charge >= 0.3 is 0 Å². The van der Waals surface area contributed by atoms with Gasteiger partial charge in [0.15, 0.2) is 11.5 Å². The molecule has 152 valence electrons. The molecular formula is C19H20ClN5O3S. The van der Waals surface area contributed by atoms with Gasteiger partial charge in [0.2, 0.25) is 15.9 Å². The fourth-order valence-corrected chi connectivity index (χ4v) is 4.91. The van der Waals surface area contributed by atoms with Crippen LogP contribution in [0.1, 0.15) is 31.1 Å². The van der Waals surface area contributed by atoms with Crippen LogP contribution < -0.4 is 4.72 Å². The van der Waals surface area contributed by atoms with Gasteiger partial charge in [0.05, 0.1) is 10.9 Å². The summed E-state index contributed by atoms with van der Waals surface area (Å²) in [5.74, 6) is 0.611. The van der Waals surface area contributed by atoms with E-state index < -0.39 is 10.0 Å². The summed E-state index contributed by atoms with van der Waals surface area (Å²) in [7, 11) is -3.72. The van der Waals surface area contributed by atoms with Gasteiger partial charge < -0.3 is 4.90 Å². The van der Waals surface area contributed by atoms with Gasteiger partial charge in [-0.2, -0.15) is 0 Å². The molecule has 8 nitrogen and oxygen atoms in total. The Balaban J connectivity index is 1.42. The normalized spacial score (nSPS) is 17.1. The predicted molar refractivity (Wildman–Crippen MR) is 108 cm³/mol. The first kappa shape index (κ1) is 19.8. The first-order chi connectivity index (χ1) is 14.0. The molecule has 29 heavy (non-hydrogen) atoms. The third kappa shape index (κ3) is 4.12. The van der Waals surface area contributed by atoms with Gasteiger partial charge in [0.25, 0.3) is 0 Å². The molecular weight excluding hydrogens is 414 g/mol. The van der Waals surface area contributed by atoms with Crippen LogP contribution in [0.15, 0.2) is 53.6 Å². The topological polar surface area (TPSA) is 96.7 Å². The van der Waals surface area contributed by atoms with Crippen LogP contribution >= 0.6 is 11.6 Å². The minimum Gasteiger partial charge on any atom is -0.332 e. The Labute approximate surface area is 173 Å². The summed E-state index contributed by atoms with van der Waals surface area (Å²) in [6.45, 7) is 0.629.